The monoisotopic (exact) mass is 421 g/mol. The number of carbonyl (C=O) groups is 1. The topological polar surface area (TPSA) is 29.5 Å². The van der Waals surface area contributed by atoms with Gasteiger partial charge in [0.15, 0.2) is 4.32 Å². The molecule has 140 valence electrons. The quantitative estimate of drug-likeness (QED) is 0.433. The Hall–Kier alpha value is -1.89. The highest BCUT2D eigenvalue weighted by molar-refractivity contribution is 8.27. The van der Waals surface area contributed by atoms with Gasteiger partial charge in [-0.15, -0.1) is 0 Å². The van der Waals surface area contributed by atoms with Crippen molar-refractivity contribution >= 4 is 57.6 Å². The summed E-state index contributed by atoms with van der Waals surface area (Å²) in [5.41, 5.74) is 1.24. The first-order valence-electron chi connectivity index (χ1n) is 8.39. The van der Waals surface area contributed by atoms with Gasteiger partial charge in [-0.3, -0.25) is 9.69 Å². The highest BCUT2D eigenvalue weighted by Gasteiger charge is 2.33. The van der Waals surface area contributed by atoms with Gasteiger partial charge >= 0.3 is 0 Å². The van der Waals surface area contributed by atoms with Gasteiger partial charge in [-0.25, -0.2) is 4.39 Å². The van der Waals surface area contributed by atoms with Crippen LogP contribution in [0.25, 0.3) is 6.08 Å². The summed E-state index contributed by atoms with van der Waals surface area (Å²) in [7, 11) is 0. The minimum atomic E-state index is -0.544. The number of hydrogen-bond acceptors (Lipinski definition) is 4. The van der Waals surface area contributed by atoms with E-state index in [0.29, 0.717) is 20.7 Å². The van der Waals surface area contributed by atoms with Gasteiger partial charge in [0.2, 0.25) is 0 Å². The Morgan fingerprint density at radius 3 is 2.78 bits per heavy atom. The Bertz CT molecular complexity index is 932. The molecule has 2 aromatic carbocycles. The maximum atomic E-state index is 13.4. The van der Waals surface area contributed by atoms with Crippen LogP contribution >= 0.6 is 35.6 Å². The molecule has 27 heavy (non-hydrogen) atoms. The second kappa shape index (κ2) is 8.42. The summed E-state index contributed by atoms with van der Waals surface area (Å²) in [4.78, 5) is 14.7. The average Bonchev–Trinajstić information content (AvgIpc) is 2.92. The molecule has 0 radical (unpaired) electrons. The number of carbonyl (C=O) groups excluding carboxylic acids is 1. The smallest absolute Gasteiger partial charge is 0.270 e. The fourth-order valence-electron chi connectivity index (χ4n) is 2.46. The molecule has 3 rings (SSSR count). The molecule has 1 fully saturated rings. The maximum absolute atomic E-state index is 13.4. The van der Waals surface area contributed by atoms with Gasteiger partial charge in [0.05, 0.1) is 21.7 Å². The van der Waals surface area contributed by atoms with Crippen molar-refractivity contribution in [1.82, 2.24) is 0 Å². The number of para-hydroxylation sites is 1. The van der Waals surface area contributed by atoms with Crippen molar-refractivity contribution in [2.24, 2.45) is 0 Å². The summed E-state index contributed by atoms with van der Waals surface area (Å²) in [5, 5.41) is -0.0576. The fraction of sp³-hybridized carbons (Fsp3) is 0.200. The minimum Gasteiger partial charge on any atom is -0.490 e. The lowest BCUT2D eigenvalue weighted by Crippen LogP contribution is -2.27. The number of rotatable bonds is 5. The molecule has 0 N–H and O–H groups in total. The van der Waals surface area contributed by atoms with Crippen LogP contribution in [0.4, 0.5) is 10.1 Å². The summed E-state index contributed by atoms with van der Waals surface area (Å²) >= 11 is 12.4. The lowest BCUT2D eigenvalue weighted by Gasteiger charge is -2.15. The second-order valence-corrected chi connectivity index (χ2v) is 8.07. The second-order valence-electron chi connectivity index (χ2n) is 5.99. The highest BCUT2D eigenvalue weighted by atomic mass is 35.5. The predicted octanol–water partition coefficient (Wildman–Crippen LogP) is 6.06. The van der Waals surface area contributed by atoms with Crippen LogP contribution in [0, 0.1) is 5.82 Å². The van der Waals surface area contributed by atoms with Gasteiger partial charge in [0.25, 0.3) is 5.91 Å². The molecular formula is C20H17ClFNO2S2. The van der Waals surface area contributed by atoms with Crippen LogP contribution < -0.4 is 9.64 Å². The third-order valence-electron chi connectivity index (χ3n) is 4.06. The lowest BCUT2D eigenvalue weighted by atomic mass is 10.1. The Morgan fingerprint density at radius 2 is 2.07 bits per heavy atom. The van der Waals surface area contributed by atoms with Gasteiger partial charge in [-0.2, -0.15) is 0 Å². The van der Waals surface area contributed by atoms with E-state index in [-0.39, 0.29) is 17.0 Å². The molecule has 0 aromatic heterocycles. The van der Waals surface area contributed by atoms with Crippen molar-refractivity contribution in [3.63, 3.8) is 0 Å². The third kappa shape index (κ3) is 4.34. The number of amides is 1. The van der Waals surface area contributed by atoms with E-state index >= 15 is 0 Å². The molecule has 1 heterocycles. The van der Waals surface area contributed by atoms with Crippen LogP contribution in [0.1, 0.15) is 25.8 Å². The Kier molecular flexibility index (Phi) is 6.19. The van der Waals surface area contributed by atoms with E-state index in [1.165, 1.54) is 34.9 Å². The van der Waals surface area contributed by atoms with Crippen LogP contribution in [0.15, 0.2) is 47.4 Å². The largest absolute Gasteiger partial charge is 0.490 e. The number of benzene rings is 2. The predicted molar refractivity (Wildman–Crippen MR) is 114 cm³/mol. The van der Waals surface area contributed by atoms with Crippen molar-refractivity contribution < 1.29 is 13.9 Å². The number of thiocarbonyl (C=S) groups is 1. The van der Waals surface area contributed by atoms with E-state index in [9.17, 15) is 9.18 Å². The van der Waals surface area contributed by atoms with Crippen molar-refractivity contribution in [3.05, 3.63) is 63.8 Å². The average molecular weight is 422 g/mol. The summed E-state index contributed by atoms with van der Waals surface area (Å²) in [6.07, 6.45) is 2.71. The maximum Gasteiger partial charge on any atom is 0.270 e. The van der Waals surface area contributed by atoms with Crippen LogP contribution in [-0.4, -0.2) is 16.3 Å². The van der Waals surface area contributed by atoms with E-state index in [4.69, 9.17) is 28.6 Å². The number of halogens is 2. The number of anilines is 1. The SMILES string of the molecule is CCC(C)Oc1ccccc1/C=C1\SC(=S)N(c2ccc(F)c(Cl)c2)C1=O. The van der Waals surface area contributed by atoms with Crippen LogP contribution in [0.3, 0.4) is 0 Å². The van der Waals surface area contributed by atoms with Gasteiger partial charge < -0.3 is 4.74 Å². The van der Waals surface area contributed by atoms with E-state index in [1.807, 2.05) is 38.1 Å². The number of nitrogens with zero attached hydrogens (tertiary/aromatic N) is 1. The first kappa shape index (κ1) is 19.9. The van der Waals surface area contributed by atoms with Gasteiger partial charge in [-0.05, 0) is 43.7 Å². The van der Waals surface area contributed by atoms with Crippen molar-refractivity contribution in [2.75, 3.05) is 4.90 Å². The van der Waals surface area contributed by atoms with E-state index < -0.39 is 5.82 Å². The van der Waals surface area contributed by atoms with E-state index in [2.05, 4.69) is 0 Å². The number of ether oxygens (including phenoxy) is 1. The highest BCUT2D eigenvalue weighted by Crippen LogP contribution is 2.38. The molecule has 1 unspecified atom stereocenters. The Balaban J connectivity index is 1.92. The zero-order valence-electron chi connectivity index (χ0n) is 14.7. The first-order valence-corrected chi connectivity index (χ1v) is 9.99. The minimum absolute atomic E-state index is 0.0576. The summed E-state index contributed by atoms with van der Waals surface area (Å²) < 4.78 is 19.7. The number of hydrogen-bond donors (Lipinski definition) is 0. The summed E-state index contributed by atoms with van der Waals surface area (Å²) in [6, 6.07) is 11.6. The standard InChI is InChI=1S/C20H17ClFNO2S2/c1-3-12(2)25-17-7-5-4-6-13(17)10-18-19(24)23(20(26)27-18)14-8-9-16(22)15(21)11-14/h4-12H,3H2,1-2H3/b18-10-. The molecule has 1 aliphatic heterocycles. The molecule has 1 saturated heterocycles. The zero-order chi connectivity index (χ0) is 19.6. The first-order chi connectivity index (χ1) is 12.9. The van der Waals surface area contributed by atoms with Crippen LogP contribution in [0.2, 0.25) is 5.02 Å². The van der Waals surface area contributed by atoms with Gasteiger partial charge in [-0.1, -0.05) is 60.7 Å². The molecule has 1 amide bonds. The molecule has 1 aliphatic rings. The molecule has 0 spiro atoms. The normalized spacial score (nSPS) is 16.9. The van der Waals surface area contributed by atoms with Crippen molar-refractivity contribution in [1.29, 1.82) is 0 Å². The fourth-order valence-corrected chi connectivity index (χ4v) is 3.93. The molecule has 3 nitrogen and oxygen atoms in total. The van der Waals surface area contributed by atoms with E-state index in [1.54, 1.807) is 6.08 Å². The summed E-state index contributed by atoms with van der Waals surface area (Å²) in [5.74, 6) is -0.106. The molecular weight excluding hydrogens is 405 g/mol. The van der Waals surface area contributed by atoms with Crippen LogP contribution in [-0.2, 0) is 4.79 Å². The van der Waals surface area contributed by atoms with Gasteiger partial charge in [0, 0.05) is 5.56 Å². The Labute approximate surface area is 172 Å². The van der Waals surface area contributed by atoms with E-state index in [0.717, 1.165) is 12.0 Å². The van der Waals surface area contributed by atoms with Gasteiger partial charge in [0.1, 0.15) is 11.6 Å². The number of thioether (sulfide) groups is 1. The summed E-state index contributed by atoms with van der Waals surface area (Å²) in [6.45, 7) is 4.04. The van der Waals surface area contributed by atoms with Crippen molar-refractivity contribution in [3.8, 4) is 5.75 Å². The third-order valence-corrected chi connectivity index (χ3v) is 5.66. The molecule has 1 atom stereocenters. The Morgan fingerprint density at radius 1 is 1.33 bits per heavy atom. The zero-order valence-corrected chi connectivity index (χ0v) is 17.1. The van der Waals surface area contributed by atoms with Crippen molar-refractivity contribution in [2.45, 2.75) is 26.4 Å². The molecule has 0 bridgehead atoms. The molecule has 2 aromatic rings. The lowest BCUT2D eigenvalue weighted by molar-refractivity contribution is -0.113. The molecule has 7 heteroatoms. The van der Waals surface area contributed by atoms with Crippen LogP contribution in [0.5, 0.6) is 5.75 Å². The molecule has 0 aliphatic carbocycles. The molecule has 0 saturated carbocycles.